The van der Waals surface area contributed by atoms with Crippen molar-refractivity contribution in [3.63, 3.8) is 0 Å². The van der Waals surface area contributed by atoms with E-state index in [-0.39, 0.29) is 24.3 Å². The summed E-state index contributed by atoms with van der Waals surface area (Å²) in [6.45, 7) is -0.350. The molecule has 0 saturated heterocycles. The zero-order valence-electron chi connectivity index (χ0n) is 25.4. The maximum atomic E-state index is 13.7. The molecule has 0 bridgehead atoms. The topological polar surface area (TPSA) is 172 Å². The first-order chi connectivity index (χ1) is 23.2. The number of rotatable bonds is 15. The third-order valence-corrected chi connectivity index (χ3v) is 6.70. The van der Waals surface area contributed by atoms with Gasteiger partial charge in [-0.3, -0.25) is 9.59 Å². The summed E-state index contributed by atoms with van der Waals surface area (Å²) in [6, 6.07) is 30.2. The SMILES string of the molecule is O=C(CC(NC(=O)C(OC(=O)c1ccccc1)C(OC(=O)c1ccccc1)C(=O)O)C(=O)OCc1ccccc1)OCc1ccccc1. The van der Waals surface area contributed by atoms with E-state index in [1.165, 1.54) is 48.5 Å². The van der Waals surface area contributed by atoms with Gasteiger partial charge in [0.1, 0.15) is 19.3 Å². The minimum atomic E-state index is -2.36. The fraction of sp³-hybridized carbons (Fsp3) is 0.167. The van der Waals surface area contributed by atoms with Crippen LogP contribution in [0.4, 0.5) is 0 Å². The number of amides is 1. The predicted octanol–water partition coefficient (Wildman–Crippen LogP) is 3.88. The first-order valence-electron chi connectivity index (χ1n) is 14.7. The summed E-state index contributed by atoms with van der Waals surface area (Å²) in [6.07, 6.45) is -5.41. The van der Waals surface area contributed by atoms with Gasteiger partial charge in [-0.15, -0.1) is 0 Å². The second kappa shape index (κ2) is 17.4. The molecule has 2 N–H and O–H groups in total. The first-order valence-corrected chi connectivity index (χ1v) is 14.7. The highest BCUT2D eigenvalue weighted by Gasteiger charge is 2.42. The minimum Gasteiger partial charge on any atom is -0.478 e. The van der Waals surface area contributed by atoms with Crippen molar-refractivity contribution in [2.24, 2.45) is 0 Å². The lowest BCUT2D eigenvalue weighted by molar-refractivity contribution is -0.161. The van der Waals surface area contributed by atoms with Crippen LogP contribution in [-0.4, -0.2) is 59.1 Å². The van der Waals surface area contributed by atoms with Crippen LogP contribution in [-0.2, 0) is 51.3 Å². The number of ether oxygens (including phenoxy) is 4. The van der Waals surface area contributed by atoms with Gasteiger partial charge in [0, 0.05) is 0 Å². The number of benzene rings is 4. The molecule has 1 amide bonds. The van der Waals surface area contributed by atoms with Crippen molar-refractivity contribution in [2.75, 3.05) is 0 Å². The molecule has 3 atom stereocenters. The molecule has 246 valence electrons. The number of esters is 4. The van der Waals surface area contributed by atoms with Gasteiger partial charge >= 0.3 is 29.8 Å². The van der Waals surface area contributed by atoms with Crippen LogP contribution in [0.1, 0.15) is 38.3 Å². The van der Waals surface area contributed by atoms with Crippen LogP contribution in [0.25, 0.3) is 0 Å². The molecule has 4 rings (SSSR count). The Balaban J connectivity index is 1.58. The van der Waals surface area contributed by atoms with Gasteiger partial charge < -0.3 is 29.4 Å². The van der Waals surface area contributed by atoms with Gasteiger partial charge in [-0.2, -0.15) is 0 Å². The summed E-state index contributed by atoms with van der Waals surface area (Å²) in [4.78, 5) is 78.0. The Kier molecular flexibility index (Phi) is 12.5. The van der Waals surface area contributed by atoms with Crippen LogP contribution in [0.5, 0.6) is 0 Å². The Morgan fingerprint density at radius 1 is 0.562 bits per heavy atom. The Morgan fingerprint density at radius 3 is 1.44 bits per heavy atom. The van der Waals surface area contributed by atoms with Crippen molar-refractivity contribution in [3.8, 4) is 0 Å². The molecule has 12 nitrogen and oxygen atoms in total. The van der Waals surface area contributed by atoms with E-state index in [4.69, 9.17) is 18.9 Å². The molecule has 0 aromatic heterocycles. The maximum absolute atomic E-state index is 13.7. The molecule has 0 aliphatic carbocycles. The molecule has 4 aromatic rings. The Bertz CT molecular complexity index is 1700. The molecule has 0 heterocycles. The Morgan fingerprint density at radius 2 is 0.979 bits per heavy atom. The maximum Gasteiger partial charge on any atom is 0.349 e. The second-order valence-corrected chi connectivity index (χ2v) is 10.2. The van der Waals surface area contributed by atoms with Crippen LogP contribution in [0.3, 0.4) is 0 Å². The molecule has 3 unspecified atom stereocenters. The van der Waals surface area contributed by atoms with Gasteiger partial charge in [0.15, 0.2) is 0 Å². The minimum absolute atomic E-state index is 0.0409. The number of hydrogen-bond acceptors (Lipinski definition) is 10. The smallest absolute Gasteiger partial charge is 0.349 e. The van der Waals surface area contributed by atoms with Gasteiger partial charge in [0.25, 0.3) is 5.91 Å². The van der Waals surface area contributed by atoms with Crippen molar-refractivity contribution >= 4 is 35.8 Å². The number of carbonyl (C=O) groups is 6. The van der Waals surface area contributed by atoms with E-state index >= 15 is 0 Å². The van der Waals surface area contributed by atoms with E-state index < -0.39 is 60.4 Å². The fourth-order valence-electron chi connectivity index (χ4n) is 4.25. The lowest BCUT2D eigenvalue weighted by atomic mass is 10.1. The van der Waals surface area contributed by atoms with Gasteiger partial charge in [0.2, 0.25) is 12.2 Å². The van der Waals surface area contributed by atoms with Crippen LogP contribution in [0.15, 0.2) is 121 Å². The Hall–Kier alpha value is -6.30. The predicted molar refractivity (Wildman–Crippen MR) is 168 cm³/mol. The number of carboxylic acids is 1. The van der Waals surface area contributed by atoms with Gasteiger partial charge in [0.05, 0.1) is 17.5 Å². The number of carbonyl (C=O) groups excluding carboxylic acids is 5. The van der Waals surface area contributed by atoms with Crippen LogP contribution in [0.2, 0.25) is 0 Å². The summed E-state index contributed by atoms with van der Waals surface area (Å²) in [5, 5.41) is 12.3. The number of hydrogen-bond donors (Lipinski definition) is 2. The lowest BCUT2D eigenvalue weighted by Gasteiger charge is -2.25. The van der Waals surface area contributed by atoms with Crippen LogP contribution >= 0.6 is 0 Å². The zero-order valence-corrected chi connectivity index (χ0v) is 25.4. The third kappa shape index (κ3) is 10.4. The van der Waals surface area contributed by atoms with Gasteiger partial charge in [-0.25, -0.2) is 19.2 Å². The van der Waals surface area contributed by atoms with Crippen LogP contribution < -0.4 is 5.32 Å². The summed E-state index contributed by atoms with van der Waals surface area (Å²) in [5.74, 6) is -7.40. The van der Waals surface area contributed by atoms with Gasteiger partial charge in [-0.05, 0) is 35.4 Å². The van der Waals surface area contributed by atoms with Crippen molar-refractivity contribution in [2.45, 2.75) is 37.9 Å². The molecule has 48 heavy (non-hydrogen) atoms. The summed E-state index contributed by atoms with van der Waals surface area (Å²) < 4.78 is 21.1. The van der Waals surface area contributed by atoms with E-state index in [2.05, 4.69) is 5.32 Å². The third-order valence-electron chi connectivity index (χ3n) is 6.70. The summed E-state index contributed by atoms with van der Waals surface area (Å²) >= 11 is 0. The van der Waals surface area contributed by atoms with E-state index in [1.54, 1.807) is 72.8 Å². The average molecular weight is 654 g/mol. The van der Waals surface area contributed by atoms with E-state index in [0.29, 0.717) is 11.1 Å². The van der Waals surface area contributed by atoms with Crippen molar-refractivity contribution in [1.29, 1.82) is 0 Å². The van der Waals surface area contributed by atoms with E-state index in [1.807, 2.05) is 0 Å². The zero-order chi connectivity index (χ0) is 34.3. The molecule has 0 radical (unpaired) electrons. The first kappa shape index (κ1) is 34.6. The molecular formula is C36H31NO11. The fourth-order valence-corrected chi connectivity index (χ4v) is 4.25. The number of nitrogens with one attached hydrogen (secondary N) is 1. The monoisotopic (exact) mass is 653 g/mol. The largest absolute Gasteiger partial charge is 0.478 e. The molecule has 0 spiro atoms. The van der Waals surface area contributed by atoms with Crippen molar-refractivity contribution < 1.29 is 52.8 Å². The molecule has 12 heteroatoms. The standard InChI is InChI=1S/C36H31NO11/c38-29(45-22-24-13-5-1-6-14-24)21-28(36(44)46-23-25-15-7-2-8-16-25)37-32(39)30(47-34(42)26-17-9-3-10-18-26)31(33(40)41)48-35(43)27-19-11-4-12-20-27/h1-20,28,30-31H,21-23H2,(H,37,39)(H,40,41). The second-order valence-electron chi connectivity index (χ2n) is 10.2. The molecule has 0 fully saturated rings. The highest BCUT2D eigenvalue weighted by atomic mass is 16.6. The average Bonchev–Trinajstić information content (AvgIpc) is 3.12. The molecule has 0 aliphatic heterocycles. The highest BCUT2D eigenvalue weighted by molar-refractivity contribution is 5.98. The van der Waals surface area contributed by atoms with Crippen molar-refractivity contribution in [1.82, 2.24) is 5.32 Å². The quantitative estimate of drug-likeness (QED) is 0.141. The molecule has 0 aliphatic rings. The summed E-state index contributed by atoms with van der Waals surface area (Å²) in [5.41, 5.74) is 1.18. The van der Waals surface area contributed by atoms with Crippen molar-refractivity contribution in [3.05, 3.63) is 144 Å². The number of carboxylic acid groups (broad SMARTS) is 1. The van der Waals surface area contributed by atoms with Gasteiger partial charge in [-0.1, -0.05) is 97.1 Å². The van der Waals surface area contributed by atoms with E-state index in [0.717, 1.165) is 0 Å². The molecule has 4 aromatic carbocycles. The van der Waals surface area contributed by atoms with E-state index in [9.17, 15) is 33.9 Å². The lowest BCUT2D eigenvalue weighted by Crippen LogP contribution is -2.54. The summed E-state index contributed by atoms with van der Waals surface area (Å²) in [7, 11) is 0. The number of aliphatic carboxylic acids is 1. The van der Waals surface area contributed by atoms with Crippen LogP contribution in [0, 0.1) is 0 Å². The molecular weight excluding hydrogens is 622 g/mol. The Labute approximate surface area is 275 Å². The normalized spacial score (nSPS) is 12.3. The highest BCUT2D eigenvalue weighted by Crippen LogP contribution is 2.15. The molecule has 0 saturated carbocycles.